The molecule has 4 rings (SSSR count). The molecule has 8 heteroatoms. The Morgan fingerprint density at radius 2 is 1.77 bits per heavy atom. The van der Waals surface area contributed by atoms with Crippen LogP contribution in [-0.2, 0) is 13.0 Å². The zero-order chi connectivity index (χ0) is 21.6. The maximum Gasteiger partial charge on any atom is 0.261 e. The van der Waals surface area contributed by atoms with Gasteiger partial charge in [0.05, 0.1) is 4.88 Å². The number of rotatable bonds is 7. The largest absolute Gasteiger partial charge is 0.347 e. The Hall–Kier alpha value is -3.36. The molecule has 0 aliphatic carbocycles. The molecule has 2 aromatic carbocycles. The molecule has 0 aliphatic heterocycles. The molecule has 0 spiro atoms. The SMILES string of the molecule is O=C(Nc1ncc(Cc2ccccc2F)s1)c1ccc(CNC(=O)c2cccs2)cc1. The molecule has 31 heavy (non-hydrogen) atoms. The number of halogens is 1. The Kier molecular flexibility index (Phi) is 6.49. The smallest absolute Gasteiger partial charge is 0.261 e. The van der Waals surface area contributed by atoms with E-state index in [4.69, 9.17) is 0 Å². The van der Waals surface area contributed by atoms with Crippen molar-refractivity contribution in [3.63, 3.8) is 0 Å². The van der Waals surface area contributed by atoms with Crippen LogP contribution in [0.15, 0.2) is 72.2 Å². The lowest BCUT2D eigenvalue weighted by Crippen LogP contribution is -2.21. The number of hydrogen-bond acceptors (Lipinski definition) is 5. The van der Waals surface area contributed by atoms with E-state index in [2.05, 4.69) is 15.6 Å². The Balaban J connectivity index is 1.32. The van der Waals surface area contributed by atoms with Crippen LogP contribution in [0.25, 0.3) is 0 Å². The highest BCUT2D eigenvalue weighted by atomic mass is 32.1. The van der Waals surface area contributed by atoms with Gasteiger partial charge in [-0.2, -0.15) is 0 Å². The summed E-state index contributed by atoms with van der Waals surface area (Å²) in [5.41, 5.74) is 1.97. The summed E-state index contributed by atoms with van der Waals surface area (Å²) in [5, 5.41) is 7.94. The Morgan fingerprint density at radius 3 is 2.52 bits per heavy atom. The van der Waals surface area contributed by atoms with Crippen LogP contribution in [0.2, 0.25) is 0 Å². The molecular weight excluding hydrogens is 433 g/mol. The molecule has 4 aromatic rings. The molecule has 2 aromatic heterocycles. The van der Waals surface area contributed by atoms with E-state index in [1.54, 1.807) is 54.7 Å². The monoisotopic (exact) mass is 451 g/mol. The first kappa shape index (κ1) is 20.9. The number of amides is 2. The second kappa shape index (κ2) is 9.63. The number of benzene rings is 2. The van der Waals surface area contributed by atoms with Gasteiger partial charge in [-0.15, -0.1) is 22.7 Å². The van der Waals surface area contributed by atoms with Gasteiger partial charge in [0.2, 0.25) is 0 Å². The summed E-state index contributed by atoms with van der Waals surface area (Å²) in [6.07, 6.45) is 2.07. The fourth-order valence-electron chi connectivity index (χ4n) is 2.90. The number of thiophene rings is 1. The molecule has 0 unspecified atom stereocenters. The molecule has 0 fully saturated rings. The topological polar surface area (TPSA) is 71.1 Å². The predicted octanol–water partition coefficient (Wildman–Crippen LogP) is 5.12. The van der Waals surface area contributed by atoms with Gasteiger partial charge in [0.1, 0.15) is 5.82 Å². The standard InChI is InChI=1S/C23H18FN3O2S2/c24-19-5-2-1-4-17(19)12-18-14-26-23(31-18)27-21(28)16-9-7-15(8-10-16)13-25-22(29)20-6-3-11-30-20/h1-11,14H,12-13H2,(H,25,29)(H,26,27,28). The molecule has 5 nitrogen and oxygen atoms in total. The summed E-state index contributed by atoms with van der Waals surface area (Å²) in [6, 6.07) is 17.2. The second-order valence-corrected chi connectivity index (χ2v) is 8.77. The van der Waals surface area contributed by atoms with Gasteiger partial charge < -0.3 is 5.32 Å². The minimum atomic E-state index is -0.277. The molecule has 0 saturated carbocycles. The summed E-state index contributed by atoms with van der Waals surface area (Å²) in [4.78, 5) is 30.2. The molecule has 0 bridgehead atoms. The highest BCUT2D eigenvalue weighted by Gasteiger charge is 2.11. The maximum atomic E-state index is 13.8. The molecule has 2 N–H and O–H groups in total. The Labute approximate surface area is 186 Å². The number of carbonyl (C=O) groups excluding carboxylic acids is 2. The number of nitrogens with one attached hydrogen (secondary N) is 2. The van der Waals surface area contributed by atoms with Crippen molar-refractivity contribution in [1.29, 1.82) is 0 Å². The van der Waals surface area contributed by atoms with Crippen LogP contribution >= 0.6 is 22.7 Å². The van der Waals surface area contributed by atoms with Crippen molar-refractivity contribution in [3.8, 4) is 0 Å². The van der Waals surface area contributed by atoms with Crippen LogP contribution in [0.3, 0.4) is 0 Å². The number of aromatic nitrogens is 1. The Bertz CT molecular complexity index is 1190. The van der Waals surface area contributed by atoms with Gasteiger partial charge >= 0.3 is 0 Å². The van der Waals surface area contributed by atoms with Crippen molar-refractivity contribution in [2.75, 3.05) is 5.32 Å². The van der Waals surface area contributed by atoms with Crippen LogP contribution in [0.5, 0.6) is 0 Å². The fraction of sp³-hybridized carbons (Fsp3) is 0.0870. The van der Waals surface area contributed by atoms with Crippen LogP contribution in [0, 0.1) is 5.82 Å². The minimum Gasteiger partial charge on any atom is -0.347 e. The summed E-state index contributed by atoms with van der Waals surface area (Å²) >= 11 is 2.70. The van der Waals surface area contributed by atoms with Crippen molar-refractivity contribution in [2.45, 2.75) is 13.0 Å². The van der Waals surface area contributed by atoms with Crippen molar-refractivity contribution in [3.05, 3.63) is 105 Å². The third-order valence-electron chi connectivity index (χ3n) is 4.51. The number of thiazole rings is 1. The van der Waals surface area contributed by atoms with Crippen LogP contribution in [-0.4, -0.2) is 16.8 Å². The van der Waals surface area contributed by atoms with Gasteiger partial charge in [-0.1, -0.05) is 36.4 Å². The number of anilines is 1. The van der Waals surface area contributed by atoms with Gasteiger partial charge in [-0.05, 0) is 40.8 Å². The van der Waals surface area contributed by atoms with Crippen molar-refractivity contribution in [2.24, 2.45) is 0 Å². The van der Waals surface area contributed by atoms with E-state index in [1.165, 1.54) is 28.7 Å². The zero-order valence-electron chi connectivity index (χ0n) is 16.3. The predicted molar refractivity (Wildman–Crippen MR) is 121 cm³/mol. The summed E-state index contributed by atoms with van der Waals surface area (Å²) in [7, 11) is 0. The molecule has 0 radical (unpaired) electrons. The highest BCUT2D eigenvalue weighted by Crippen LogP contribution is 2.23. The summed E-state index contributed by atoms with van der Waals surface area (Å²) in [5.74, 6) is -0.652. The van der Waals surface area contributed by atoms with Gasteiger partial charge in [0.25, 0.3) is 11.8 Å². The summed E-state index contributed by atoms with van der Waals surface area (Å²) in [6.45, 7) is 0.379. The Morgan fingerprint density at radius 1 is 0.968 bits per heavy atom. The lowest BCUT2D eigenvalue weighted by Gasteiger charge is -2.06. The van der Waals surface area contributed by atoms with Crippen LogP contribution < -0.4 is 10.6 Å². The minimum absolute atomic E-state index is 0.119. The summed E-state index contributed by atoms with van der Waals surface area (Å²) < 4.78 is 13.8. The highest BCUT2D eigenvalue weighted by molar-refractivity contribution is 7.15. The average molecular weight is 452 g/mol. The van der Waals surface area contributed by atoms with E-state index in [-0.39, 0.29) is 17.6 Å². The van der Waals surface area contributed by atoms with Gasteiger partial charge in [0, 0.05) is 29.6 Å². The van der Waals surface area contributed by atoms with Crippen LogP contribution in [0.1, 0.15) is 36.0 Å². The molecule has 2 amide bonds. The maximum absolute atomic E-state index is 13.8. The molecule has 0 saturated heterocycles. The fourth-order valence-corrected chi connectivity index (χ4v) is 4.37. The zero-order valence-corrected chi connectivity index (χ0v) is 17.9. The molecule has 156 valence electrons. The average Bonchev–Trinajstić information content (AvgIpc) is 3.46. The van der Waals surface area contributed by atoms with E-state index < -0.39 is 0 Å². The van der Waals surface area contributed by atoms with E-state index in [0.29, 0.717) is 34.1 Å². The normalized spacial score (nSPS) is 10.6. The van der Waals surface area contributed by atoms with E-state index >= 15 is 0 Å². The number of hydrogen-bond donors (Lipinski definition) is 2. The first-order chi connectivity index (χ1) is 15.1. The number of carbonyl (C=O) groups is 2. The second-order valence-electron chi connectivity index (χ2n) is 6.71. The molecule has 0 atom stereocenters. The van der Waals surface area contributed by atoms with E-state index in [1.807, 2.05) is 11.4 Å². The lowest BCUT2D eigenvalue weighted by molar-refractivity contribution is 0.0953. The third-order valence-corrected chi connectivity index (χ3v) is 6.29. The van der Waals surface area contributed by atoms with Crippen molar-refractivity contribution in [1.82, 2.24) is 10.3 Å². The van der Waals surface area contributed by atoms with Gasteiger partial charge in [-0.25, -0.2) is 9.37 Å². The van der Waals surface area contributed by atoms with Crippen molar-refractivity contribution >= 4 is 39.6 Å². The first-order valence-electron chi connectivity index (χ1n) is 9.48. The van der Waals surface area contributed by atoms with E-state index in [9.17, 15) is 14.0 Å². The van der Waals surface area contributed by atoms with Gasteiger partial charge in [0.15, 0.2) is 5.13 Å². The third kappa shape index (κ3) is 5.42. The first-order valence-corrected chi connectivity index (χ1v) is 11.2. The number of nitrogens with zero attached hydrogens (tertiary/aromatic N) is 1. The van der Waals surface area contributed by atoms with Crippen molar-refractivity contribution < 1.29 is 14.0 Å². The van der Waals surface area contributed by atoms with Crippen LogP contribution in [0.4, 0.5) is 9.52 Å². The molecule has 0 aliphatic rings. The quantitative estimate of drug-likeness (QED) is 0.410. The molecular formula is C23H18FN3O2S2. The van der Waals surface area contributed by atoms with E-state index in [0.717, 1.165) is 10.4 Å². The van der Waals surface area contributed by atoms with Gasteiger partial charge in [-0.3, -0.25) is 14.9 Å². The lowest BCUT2D eigenvalue weighted by atomic mass is 10.1. The molecule has 2 heterocycles.